The van der Waals surface area contributed by atoms with Crippen LogP contribution in [-0.2, 0) is 4.74 Å². The van der Waals surface area contributed by atoms with Crippen molar-refractivity contribution in [2.45, 2.75) is 19.3 Å². The molecule has 1 aliphatic carbocycles. The van der Waals surface area contributed by atoms with Gasteiger partial charge in [-0.05, 0) is 37.0 Å². The van der Waals surface area contributed by atoms with Gasteiger partial charge in [0.1, 0.15) is 0 Å². The molecule has 1 saturated heterocycles. The van der Waals surface area contributed by atoms with E-state index < -0.39 is 0 Å². The predicted octanol–water partition coefficient (Wildman–Crippen LogP) is 1.04. The number of hydrogen-bond acceptors (Lipinski definition) is 2. The SMILES string of the molecule is OCC1CC1C1CCOCC1. The van der Waals surface area contributed by atoms with E-state index in [0.717, 1.165) is 25.0 Å². The fourth-order valence-electron chi connectivity index (χ4n) is 2.20. The third-order valence-electron chi connectivity index (χ3n) is 3.08. The Morgan fingerprint density at radius 3 is 2.55 bits per heavy atom. The van der Waals surface area contributed by atoms with Crippen LogP contribution in [0.15, 0.2) is 0 Å². The normalized spacial score (nSPS) is 39.0. The van der Waals surface area contributed by atoms with Gasteiger partial charge in [0, 0.05) is 19.8 Å². The summed E-state index contributed by atoms with van der Waals surface area (Å²) in [4.78, 5) is 0. The zero-order valence-electron chi connectivity index (χ0n) is 6.83. The van der Waals surface area contributed by atoms with Crippen LogP contribution in [0.1, 0.15) is 19.3 Å². The first-order valence-corrected chi connectivity index (χ1v) is 4.60. The van der Waals surface area contributed by atoms with E-state index in [1.807, 2.05) is 0 Å². The van der Waals surface area contributed by atoms with Gasteiger partial charge < -0.3 is 9.84 Å². The largest absolute Gasteiger partial charge is 0.396 e. The van der Waals surface area contributed by atoms with Gasteiger partial charge in [-0.1, -0.05) is 0 Å². The van der Waals surface area contributed by atoms with Crippen LogP contribution >= 0.6 is 0 Å². The van der Waals surface area contributed by atoms with Crippen molar-refractivity contribution in [1.29, 1.82) is 0 Å². The lowest BCUT2D eigenvalue weighted by Gasteiger charge is -2.21. The van der Waals surface area contributed by atoms with E-state index in [2.05, 4.69) is 0 Å². The van der Waals surface area contributed by atoms with Gasteiger partial charge in [-0.15, -0.1) is 0 Å². The van der Waals surface area contributed by atoms with Crippen LogP contribution in [0, 0.1) is 17.8 Å². The Balaban J connectivity index is 1.77. The molecule has 2 atom stereocenters. The maximum atomic E-state index is 8.88. The third-order valence-corrected chi connectivity index (χ3v) is 3.08. The Morgan fingerprint density at radius 2 is 2.00 bits per heavy atom. The molecule has 0 aromatic carbocycles. The van der Waals surface area contributed by atoms with E-state index in [0.29, 0.717) is 12.5 Å². The second-order valence-electron chi connectivity index (χ2n) is 3.79. The molecule has 1 N–H and O–H groups in total. The maximum Gasteiger partial charge on any atom is 0.0468 e. The molecule has 2 heteroatoms. The van der Waals surface area contributed by atoms with E-state index >= 15 is 0 Å². The van der Waals surface area contributed by atoms with Crippen molar-refractivity contribution >= 4 is 0 Å². The van der Waals surface area contributed by atoms with Crippen LogP contribution in [-0.4, -0.2) is 24.9 Å². The highest BCUT2D eigenvalue weighted by molar-refractivity contribution is 4.91. The van der Waals surface area contributed by atoms with Crippen molar-refractivity contribution in [1.82, 2.24) is 0 Å². The second kappa shape index (κ2) is 3.11. The van der Waals surface area contributed by atoms with Gasteiger partial charge in [-0.3, -0.25) is 0 Å². The molecule has 0 amide bonds. The molecule has 2 fully saturated rings. The van der Waals surface area contributed by atoms with Crippen molar-refractivity contribution in [2.75, 3.05) is 19.8 Å². The predicted molar refractivity (Wildman–Crippen MR) is 42.2 cm³/mol. The second-order valence-corrected chi connectivity index (χ2v) is 3.79. The highest BCUT2D eigenvalue weighted by Gasteiger charge is 2.42. The number of hydrogen-bond donors (Lipinski definition) is 1. The monoisotopic (exact) mass is 156 g/mol. The minimum Gasteiger partial charge on any atom is -0.396 e. The van der Waals surface area contributed by atoms with Gasteiger partial charge in [-0.2, -0.15) is 0 Å². The summed E-state index contributed by atoms with van der Waals surface area (Å²) in [6, 6.07) is 0. The van der Waals surface area contributed by atoms with Crippen LogP contribution in [0.5, 0.6) is 0 Å². The van der Waals surface area contributed by atoms with Crippen LogP contribution in [0.25, 0.3) is 0 Å². The molecule has 1 aliphatic heterocycles. The van der Waals surface area contributed by atoms with Crippen molar-refractivity contribution in [2.24, 2.45) is 17.8 Å². The molecule has 2 unspecified atom stereocenters. The van der Waals surface area contributed by atoms with Crippen LogP contribution < -0.4 is 0 Å². The van der Waals surface area contributed by atoms with Crippen molar-refractivity contribution in [3.05, 3.63) is 0 Å². The molecule has 2 aliphatic rings. The summed E-state index contributed by atoms with van der Waals surface area (Å²) in [6.07, 6.45) is 3.71. The van der Waals surface area contributed by atoms with Crippen LogP contribution in [0.3, 0.4) is 0 Å². The zero-order valence-corrected chi connectivity index (χ0v) is 6.83. The average molecular weight is 156 g/mol. The summed E-state index contributed by atoms with van der Waals surface area (Å²) in [5.41, 5.74) is 0. The number of ether oxygens (including phenoxy) is 1. The summed E-state index contributed by atoms with van der Waals surface area (Å²) in [5, 5.41) is 8.88. The van der Waals surface area contributed by atoms with Crippen molar-refractivity contribution in [3.8, 4) is 0 Å². The Morgan fingerprint density at radius 1 is 1.27 bits per heavy atom. The smallest absolute Gasteiger partial charge is 0.0468 e. The first-order valence-electron chi connectivity index (χ1n) is 4.60. The lowest BCUT2D eigenvalue weighted by atomic mass is 9.94. The molecule has 0 aromatic heterocycles. The minimum atomic E-state index is 0.405. The van der Waals surface area contributed by atoms with E-state index in [4.69, 9.17) is 9.84 Å². The molecular formula is C9H16O2. The van der Waals surface area contributed by atoms with Gasteiger partial charge in [0.2, 0.25) is 0 Å². The molecular weight excluding hydrogens is 140 g/mol. The summed E-state index contributed by atoms with van der Waals surface area (Å²) >= 11 is 0. The van der Waals surface area contributed by atoms with E-state index in [9.17, 15) is 0 Å². The van der Waals surface area contributed by atoms with Gasteiger partial charge in [-0.25, -0.2) is 0 Å². The number of rotatable bonds is 2. The number of aliphatic hydroxyl groups excluding tert-OH is 1. The molecule has 0 bridgehead atoms. The third kappa shape index (κ3) is 1.57. The van der Waals surface area contributed by atoms with Gasteiger partial charge in [0.25, 0.3) is 0 Å². The van der Waals surface area contributed by atoms with E-state index in [1.54, 1.807) is 0 Å². The Labute approximate surface area is 67.6 Å². The Bertz CT molecular complexity index is 130. The Kier molecular flexibility index (Phi) is 2.14. The number of aliphatic hydroxyl groups is 1. The molecule has 0 spiro atoms. The standard InChI is InChI=1S/C9H16O2/c10-6-8-5-9(8)7-1-3-11-4-2-7/h7-10H,1-6H2. The van der Waals surface area contributed by atoms with Crippen LogP contribution in [0.4, 0.5) is 0 Å². The molecule has 0 radical (unpaired) electrons. The molecule has 2 rings (SSSR count). The molecule has 1 heterocycles. The zero-order chi connectivity index (χ0) is 7.68. The first-order chi connectivity index (χ1) is 5.42. The van der Waals surface area contributed by atoms with Crippen LogP contribution in [0.2, 0.25) is 0 Å². The lowest BCUT2D eigenvalue weighted by molar-refractivity contribution is 0.0568. The Hall–Kier alpha value is -0.0800. The van der Waals surface area contributed by atoms with Gasteiger partial charge in [0.15, 0.2) is 0 Å². The summed E-state index contributed by atoms with van der Waals surface area (Å²) < 4.78 is 5.28. The summed E-state index contributed by atoms with van der Waals surface area (Å²) in [5.74, 6) is 2.34. The van der Waals surface area contributed by atoms with Crippen molar-refractivity contribution in [3.63, 3.8) is 0 Å². The molecule has 1 saturated carbocycles. The first kappa shape index (κ1) is 7.56. The van der Waals surface area contributed by atoms with E-state index in [-0.39, 0.29) is 0 Å². The van der Waals surface area contributed by atoms with Gasteiger partial charge >= 0.3 is 0 Å². The maximum absolute atomic E-state index is 8.88. The highest BCUT2D eigenvalue weighted by Crippen LogP contribution is 2.47. The average Bonchev–Trinajstić information content (AvgIpc) is 2.85. The van der Waals surface area contributed by atoms with E-state index in [1.165, 1.54) is 19.3 Å². The lowest BCUT2D eigenvalue weighted by Crippen LogP contribution is -2.18. The molecule has 64 valence electrons. The topological polar surface area (TPSA) is 29.5 Å². The minimum absolute atomic E-state index is 0.405. The molecule has 2 nitrogen and oxygen atoms in total. The highest BCUT2D eigenvalue weighted by atomic mass is 16.5. The molecule has 0 aromatic rings. The quantitative estimate of drug-likeness (QED) is 0.647. The van der Waals surface area contributed by atoms with Gasteiger partial charge in [0.05, 0.1) is 0 Å². The van der Waals surface area contributed by atoms with Crippen molar-refractivity contribution < 1.29 is 9.84 Å². The summed E-state index contributed by atoms with van der Waals surface area (Å²) in [7, 11) is 0. The fourth-order valence-corrected chi connectivity index (χ4v) is 2.20. The molecule has 11 heavy (non-hydrogen) atoms. The fraction of sp³-hybridized carbons (Fsp3) is 1.00. The summed E-state index contributed by atoms with van der Waals surface area (Å²) in [6.45, 7) is 2.29.